The maximum atomic E-state index is 12.8. The average Bonchev–Trinajstić information content (AvgIpc) is 3.17. The normalized spacial score (nSPS) is 14.7. The van der Waals surface area contributed by atoms with E-state index in [2.05, 4.69) is 51.2 Å². The van der Waals surface area contributed by atoms with Gasteiger partial charge in [-0.2, -0.15) is 10.1 Å². The summed E-state index contributed by atoms with van der Waals surface area (Å²) in [6, 6.07) is 8.43. The third kappa shape index (κ3) is 3.44. The number of rotatable bonds is 4. The van der Waals surface area contributed by atoms with Crippen molar-refractivity contribution in [3.8, 4) is 0 Å². The molecule has 0 aliphatic carbocycles. The number of anilines is 1. The van der Waals surface area contributed by atoms with Gasteiger partial charge in [0.15, 0.2) is 0 Å². The van der Waals surface area contributed by atoms with Crippen LogP contribution in [-0.2, 0) is 11.2 Å². The fourth-order valence-corrected chi connectivity index (χ4v) is 4.02. The minimum Gasteiger partial charge on any atom is -0.368 e. The summed E-state index contributed by atoms with van der Waals surface area (Å²) in [5.41, 5.74) is 5.58. The SMILES string of the molecule is Cc1ccccc1N1CCN(C(=O)CCc2c(C)nc3ncnn3c2C)CC1. The molecule has 1 fully saturated rings. The van der Waals surface area contributed by atoms with Gasteiger partial charge in [-0.05, 0) is 44.4 Å². The van der Waals surface area contributed by atoms with Crippen molar-refractivity contribution in [1.82, 2.24) is 24.5 Å². The van der Waals surface area contributed by atoms with Gasteiger partial charge in [0.25, 0.3) is 5.78 Å². The van der Waals surface area contributed by atoms with Crippen LogP contribution >= 0.6 is 0 Å². The van der Waals surface area contributed by atoms with E-state index in [4.69, 9.17) is 0 Å². The summed E-state index contributed by atoms with van der Waals surface area (Å²) >= 11 is 0. The van der Waals surface area contributed by atoms with Crippen LogP contribution in [0.25, 0.3) is 5.78 Å². The van der Waals surface area contributed by atoms with Gasteiger partial charge in [0.05, 0.1) is 0 Å². The number of amides is 1. The zero-order valence-electron chi connectivity index (χ0n) is 16.7. The number of fused-ring (bicyclic) bond motifs is 1. The molecule has 1 aliphatic rings. The maximum Gasteiger partial charge on any atom is 0.252 e. The van der Waals surface area contributed by atoms with Crippen LogP contribution in [0.5, 0.6) is 0 Å². The minimum absolute atomic E-state index is 0.210. The summed E-state index contributed by atoms with van der Waals surface area (Å²) in [6.45, 7) is 9.41. The van der Waals surface area contributed by atoms with Crippen LogP contribution in [0, 0.1) is 20.8 Å². The molecular weight excluding hydrogens is 352 g/mol. The van der Waals surface area contributed by atoms with Crippen molar-refractivity contribution in [2.75, 3.05) is 31.1 Å². The van der Waals surface area contributed by atoms with Gasteiger partial charge < -0.3 is 9.80 Å². The molecule has 28 heavy (non-hydrogen) atoms. The first-order chi connectivity index (χ1) is 13.5. The maximum absolute atomic E-state index is 12.8. The Morgan fingerprint density at radius 3 is 2.57 bits per heavy atom. The number of carbonyl (C=O) groups excluding carboxylic acids is 1. The van der Waals surface area contributed by atoms with E-state index in [1.165, 1.54) is 17.6 Å². The smallest absolute Gasteiger partial charge is 0.252 e. The molecule has 1 aliphatic heterocycles. The Labute approximate surface area is 165 Å². The van der Waals surface area contributed by atoms with Gasteiger partial charge in [0.1, 0.15) is 6.33 Å². The first-order valence-corrected chi connectivity index (χ1v) is 9.79. The molecule has 7 heteroatoms. The van der Waals surface area contributed by atoms with E-state index in [9.17, 15) is 4.79 Å². The third-order valence-corrected chi connectivity index (χ3v) is 5.67. The standard InChI is InChI=1S/C21H26N6O/c1-15-6-4-5-7-19(15)25-10-12-26(13-11-25)20(28)9-8-18-16(2)24-21-22-14-23-27(21)17(18)3/h4-7,14H,8-13H2,1-3H3. The first kappa shape index (κ1) is 18.4. The summed E-state index contributed by atoms with van der Waals surface area (Å²) in [7, 11) is 0. The van der Waals surface area contributed by atoms with Crippen molar-refractivity contribution >= 4 is 17.4 Å². The average molecular weight is 378 g/mol. The van der Waals surface area contributed by atoms with E-state index in [0.29, 0.717) is 18.6 Å². The summed E-state index contributed by atoms with van der Waals surface area (Å²) in [5, 5.41) is 4.22. The highest BCUT2D eigenvalue weighted by atomic mass is 16.2. The van der Waals surface area contributed by atoms with Crippen molar-refractivity contribution in [3.05, 3.63) is 53.1 Å². The zero-order chi connectivity index (χ0) is 19.7. The lowest BCUT2D eigenvalue weighted by Crippen LogP contribution is -2.49. The molecule has 0 atom stereocenters. The zero-order valence-corrected chi connectivity index (χ0v) is 16.7. The molecule has 0 radical (unpaired) electrons. The molecule has 146 valence electrons. The first-order valence-electron chi connectivity index (χ1n) is 9.79. The van der Waals surface area contributed by atoms with E-state index >= 15 is 0 Å². The third-order valence-electron chi connectivity index (χ3n) is 5.67. The van der Waals surface area contributed by atoms with E-state index in [1.807, 2.05) is 18.7 Å². The number of piperazine rings is 1. The summed E-state index contributed by atoms with van der Waals surface area (Å²) in [4.78, 5) is 25.8. The molecular formula is C21H26N6O. The van der Waals surface area contributed by atoms with Gasteiger partial charge in [-0.15, -0.1) is 0 Å². The lowest BCUT2D eigenvalue weighted by Gasteiger charge is -2.37. The Balaban J connectivity index is 1.37. The second-order valence-corrected chi connectivity index (χ2v) is 7.39. The lowest BCUT2D eigenvalue weighted by atomic mass is 10.1. The highest BCUT2D eigenvalue weighted by molar-refractivity contribution is 5.77. The molecule has 0 N–H and O–H groups in total. The molecule has 1 amide bonds. The van der Waals surface area contributed by atoms with Crippen LogP contribution in [0.1, 0.15) is 28.9 Å². The number of carbonyl (C=O) groups is 1. The van der Waals surface area contributed by atoms with Crippen molar-refractivity contribution in [1.29, 1.82) is 0 Å². The molecule has 3 heterocycles. The molecule has 0 spiro atoms. The van der Waals surface area contributed by atoms with Gasteiger partial charge in [0, 0.05) is 49.7 Å². The van der Waals surface area contributed by atoms with Gasteiger partial charge in [0.2, 0.25) is 5.91 Å². The Morgan fingerprint density at radius 1 is 1.07 bits per heavy atom. The van der Waals surface area contributed by atoms with Gasteiger partial charge >= 0.3 is 0 Å². The lowest BCUT2D eigenvalue weighted by molar-refractivity contribution is -0.131. The number of aryl methyl sites for hydroxylation is 3. The molecule has 3 aromatic rings. The summed E-state index contributed by atoms with van der Waals surface area (Å²) < 4.78 is 1.74. The fraction of sp³-hybridized carbons (Fsp3) is 0.429. The van der Waals surface area contributed by atoms with E-state index in [1.54, 1.807) is 4.52 Å². The second kappa shape index (κ2) is 7.58. The van der Waals surface area contributed by atoms with E-state index in [0.717, 1.165) is 43.1 Å². The van der Waals surface area contributed by atoms with Crippen LogP contribution in [0.2, 0.25) is 0 Å². The van der Waals surface area contributed by atoms with Gasteiger partial charge in [-0.1, -0.05) is 18.2 Å². The van der Waals surface area contributed by atoms with Crippen LogP contribution in [-0.4, -0.2) is 56.6 Å². The number of hydrogen-bond donors (Lipinski definition) is 0. The van der Waals surface area contributed by atoms with Gasteiger partial charge in [-0.25, -0.2) is 9.50 Å². The van der Waals surface area contributed by atoms with E-state index in [-0.39, 0.29) is 5.91 Å². The molecule has 0 saturated carbocycles. The number of para-hydroxylation sites is 1. The molecule has 1 saturated heterocycles. The predicted molar refractivity (Wildman–Crippen MR) is 109 cm³/mol. The number of hydrogen-bond acceptors (Lipinski definition) is 5. The highest BCUT2D eigenvalue weighted by Gasteiger charge is 2.22. The van der Waals surface area contributed by atoms with Crippen LogP contribution in [0.4, 0.5) is 5.69 Å². The Bertz CT molecular complexity index is 1000. The molecule has 4 rings (SSSR count). The molecule has 0 bridgehead atoms. The van der Waals surface area contributed by atoms with Crippen LogP contribution in [0.15, 0.2) is 30.6 Å². The van der Waals surface area contributed by atoms with Crippen LogP contribution < -0.4 is 4.90 Å². The Morgan fingerprint density at radius 2 is 1.82 bits per heavy atom. The molecule has 1 aromatic carbocycles. The number of aromatic nitrogens is 4. The van der Waals surface area contributed by atoms with Crippen LogP contribution in [0.3, 0.4) is 0 Å². The minimum atomic E-state index is 0.210. The predicted octanol–water partition coefficient (Wildman–Crippen LogP) is 2.33. The number of benzene rings is 1. The van der Waals surface area contributed by atoms with Crippen molar-refractivity contribution in [3.63, 3.8) is 0 Å². The Kier molecular flexibility index (Phi) is 4.98. The summed E-state index contributed by atoms with van der Waals surface area (Å²) in [5.74, 6) is 0.819. The summed E-state index contributed by atoms with van der Waals surface area (Å²) in [6.07, 6.45) is 2.68. The largest absolute Gasteiger partial charge is 0.368 e. The van der Waals surface area contributed by atoms with Crippen molar-refractivity contribution < 1.29 is 4.79 Å². The fourth-order valence-electron chi connectivity index (χ4n) is 4.02. The Hall–Kier alpha value is -2.96. The topological polar surface area (TPSA) is 66.6 Å². The van der Waals surface area contributed by atoms with Gasteiger partial charge in [-0.3, -0.25) is 4.79 Å². The molecule has 0 unspecified atom stereocenters. The highest BCUT2D eigenvalue weighted by Crippen LogP contribution is 2.21. The van der Waals surface area contributed by atoms with E-state index < -0.39 is 0 Å². The number of nitrogens with zero attached hydrogens (tertiary/aromatic N) is 6. The quantitative estimate of drug-likeness (QED) is 0.697. The van der Waals surface area contributed by atoms with Crippen molar-refractivity contribution in [2.45, 2.75) is 33.6 Å². The van der Waals surface area contributed by atoms with Crippen molar-refractivity contribution in [2.24, 2.45) is 0 Å². The monoisotopic (exact) mass is 378 g/mol. The second-order valence-electron chi connectivity index (χ2n) is 7.39. The molecule has 2 aromatic heterocycles. The molecule has 7 nitrogen and oxygen atoms in total.